The van der Waals surface area contributed by atoms with Gasteiger partial charge in [0, 0.05) is 24.2 Å². The molecule has 1 heterocycles. The molecule has 3 rings (SSSR count). The summed E-state index contributed by atoms with van der Waals surface area (Å²) in [7, 11) is 0. The monoisotopic (exact) mass is 296 g/mol. The third-order valence-corrected chi connectivity index (χ3v) is 3.73. The van der Waals surface area contributed by atoms with E-state index < -0.39 is 0 Å². The first-order chi connectivity index (χ1) is 10.7. The summed E-state index contributed by atoms with van der Waals surface area (Å²) in [5.74, 6) is 2.32. The minimum absolute atomic E-state index is 0.550. The molecule has 1 aromatic heterocycles. The van der Waals surface area contributed by atoms with E-state index in [0.717, 1.165) is 36.0 Å². The van der Waals surface area contributed by atoms with Gasteiger partial charge in [-0.25, -0.2) is 4.98 Å². The van der Waals surface area contributed by atoms with E-state index in [1.165, 1.54) is 12.8 Å². The lowest BCUT2D eigenvalue weighted by molar-refractivity contribution is 0.606. The third kappa shape index (κ3) is 4.20. The number of hydrogen-bond acceptors (Lipinski definition) is 4. The Balaban J connectivity index is 1.81. The molecule has 0 unspecified atom stereocenters. The molecule has 1 aliphatic carbocycles. The molecule has 4 heteroatoms. The fraction of sp³-hybridized carbons (Fsp3) is 0.444. The molecule has 22 heavy (non-hydrogen) atoms. The summed E-state index contributed by atoms with van der Waals surface area (Å²) in [5.41, 5.74) is 2.08. The molecule has 1 aliphatic rings. The van der Waals surface area contributed by atoms with E-state index in [-0.39, 0.29) is 0 Å². The highest BCUT2D eigenvalue weighted by atomic mass is 15.2. The Morgan fingerprint density at radius 2 is 1.91 bits per heavy atom. The predicted octanol–water partition coefficient (Wildman–Crippen LogP) is 4.18. The summed E-state index contributed by atoms with van der Waals surface area (Å²) in [6.45, 7) is 5.40. The molecule has 0 saturated heterocycles. The summed E-state index contributed by atoms with van der Waals surface area (Å²) < 4.78 is 0. The predicted molar refractivity (Wildman–Crippen MR) is 92.1 cm³/mol. The minimum Gasteiger partial charge on any atom is -0.370 e. The van der Waals surface area contributed by atoms with Crippen LogP contribution in [0, 0.1) is 5.92 Å². The van der Waals surface area contributed by atoms with Crippen LogP contribution in [0.15, 0.2) is 36.4 Å². The van der Waals surface area contributed by atoms with Crippen molar-refractivity contribution in [3.05, 3.63) is 36.4 Å². The van der Waals surface area contributed by atoms with Crippen LogP contribution in [0.5, 0.6) is 0 Å². The summed E-state index contributed by atoms with van der Waals surface area (Å²) >= 11 is 0. The van der Waals surface area contributed by atoms with Gasteiger partial charge in [0.1, 0.15) is 5.82 Å². The molecule has 116 valence electrons. The van der Waals surface area contributed by atoms with Crippen LogP contribution in [0.2, 0.25) is 0 Å². The second-order valence-electron chi connectivity index (χ2n) is 6.36. The zero-order valence-electron chi connectivity index (χ0n) is 13.3. The molecule has 0 atom stereocenters. The molecule has 0 aliphatic heterocycles. The van der Waals surface area contributed by atoms with Crippen LogP contribution in [-0.2, 0) is 0 Å². The van der Waals surface area contributed by atoms with Gasteiger partial charge < -0.3 is 10.6 Å². The number of rotatable bonds is 7. The van der Waals surface area contributed by atoms with Crippen LogP contribution in [0.4, 0.5) is 11.8 Å². The second-order valence-corrected chi connectivity index (χ2v) is 6.36. The zero-order valence-corrected chi connectivity index (χ0v) is 13.3. The summed E-state index contributed by atoms with van der Waals surface area (Å²) in [6, 6.07) is 12.9. The summed E-state index contributed by atoms with van der Waals surface area (Å²) in [6.07, 6.45) is 3.57. The van der Waals surface area contributed by atoms with Crippen LogP contribution in [0.3, 0.4) is 0 Å². The lowest BCUT2D eigenvalue weighted by Gasteiger charge is -2.12. The molecular formula is C18H24N4. The zero-order chi connectivity index (χ0) is 15.4. The largest absolute Gasteiger partial charge is 0.370 e. The molecule has 2 N–H and O–H groups in total. The average molecular weight is 296 g/mol. The highest BCUT2D eigenvalue weighted by Gasteiger charge is 2.22. The minimum atomic E-state index is 0.550. The maximum atomic E-state index is 4.66. The molecule has 1 aromatic carbocycles. The number of nitrogens with zero attached hydrogens (tertiary/aromatic N) is 2. The van der Waals surface area contributed by atoms with Gasteiger partial charge in [0.15, 0.2) is 0 Å². The Morgan fingerprint density at radius 1 is 1.14 bits per heavy atom. The standard InChI is InChI=1S/C18H24N4/c1-13(2)10-11-19-17-12-16(14-6-4-3-5-7-14)21-18(22-17)20-15-8-9-15/h3-7,12-13,15H,8-11H2,1-2H3,(H2,19,20,21,22). The maximum Gasteiger partial charge on any atom is 0.225 e. The lowest BCUT2D eigenvalue weighted by Crippen LogP contribution is -2.10. The van der Waals surface area contributed by atoms with Gasteiger partial charge in [0.25, 0.3) is 0 Å². The molecule has 1 saturated carbocycles. The van der Waals surface area contributed by atoms with Gasteiger partial charge in [-0.1, -0.05) is 44.2 Å². The Morgan fingerprint density at radius 3 is 2.59 bits per heavy atom. The van der Waals surface area contributed by atoms with Crippen molar-refractivity contribution in [1.29, 1.82) is 0 Å². The van der Waals surface area contributed by atoms with E-state index in [1.54, 1.807) is 0 Å². The quantitative estimate of drug-likeness (QED) is 0.805. The molecule has 0 amide bonds. The van der Waals surface area contributed by atoms with Crippen LogP contribution in [0.1, 0.15) is 33.1 Å². The first-order valence-corrected chi connectivity index (χ1v) is 8.15. The summed E-state index contributed by atoms with van der Waals surface area (Å²) in [5, 5.41) is 6.83. The van der Waals surface area contributed by atoms with Crippen LogP contribution < -0.4 is 10.6 Å². The van der Waals surface area contributed by atoms with E-state index >= 15 is 0 Å². The number of anilines is 2. The van der Waals surface area contributed by atoms with Gasteiger partial charge >= 0.3 is 0 Å². The third-order valence-electron chi connectivity index (χ3n) is 3.73. The van der Waals surface area contributed by atoms with E-state index in [2.05, 4.69) is 46.6 Å². The molecule has 0 bridgehead atoms. The van der Waals surface area contributed by atoms with Gasteiger partial charge in [-0.2, -0.15) is 4.98 Å². The molecule has 4 nitrogen and oxygen atoms in total. The molecule has 2 aromatic rings. The number of hydrogen-bond donors (Lipinski definition) is 2. The van der Waals surface area contributed by atoms with E-state index in [9.17, 15) is 0 Å². The molecule has 0 spiro atoms. The van der Waals surface area contributed by atoms with Crippen molar-refractivity contribution in [3.8, 4) is 11.3 Å². The van der Waals surface area contributed by atoms with E-state index in [1.807, 2.05) is 24.3 Å². The van der Waals surface area contributed by atoms with Crippen LogP contribution in [-0.4, -0.2) is 22.6 Å². The number of aromatic nitrogens is 2. The van der Waals surface area contributed by atoms with E-state index in [4.69, 9.17) is 0 Å². The lowest BCUT2D eigenvalue weighted by atomic mass is 10.1. The van der Waals surface area contributed by atoms with Gasteiger partial charge in [-0.3, -0.25) is 0 Å². The Labute approximate surface area is 132 Å². The van der Waals surface area contributed by atoms with Crippen LogP contribution in [0.25, 0.3) is 11.3 Å². The van der Waals surface area contributed by atoms with Crippen molar-refractivity contribution in [2.75, 3.05) is 17.2 Å². The maximum absolute atomic E-state index is 4.66. The number of nitrogens with one attached hydrogen (secondary N) is 2. The van der Waals surface area contributed by atoms with Crippen molar-refractivity contribution in [3.63, 3.8) is 0 Å². The highest BCUT2D eigenvalue weighted by Crippen LogP contribution is 2.26. The Kier molecular flexibility index (Phi) is 4.56. The average Bonchev–Trinajstić information content (AvgIpc) is 3.31. The normalized spacial score (nSPS) is 14.1. The fourth-order valence-corrected chi connectivity index (χ4v) is 2.26. The van der Waals surface area contributed by atoms with Gasteiger partial charge in [-0.05, 0) is 25.2 Å². The first-order valence-electron chi connectivity index (χ1n) is 8.15. The first kappa shape index (κ1) is 14.8. The van der Waals surface area contributed by atoms with Crippen molar-refractivity contribution in [1.82, 2.24) is 9.97 Å². The number of benzene rings is 1. The SMILES string of the molecule is CC(C)CCNc1cc(-c2ccccc2)nc(NC2CC2)n1. The van der Waals surface area contributed by atoms with Gasteiger partial charge in [0.05, 0.1) is 5.69 Å². The van der Waals surface area contributed by atoms with E-state index in [0.29, 0.717) is 12.0 Å². The van der Waals surface area contributed by atoms with Gasteiger partial charge in [-0.15, -0.1) is 0 Å². The van der Waals surface area contributed by atoms with Gasteiger partial charge in [0.2, 0.25) is 5.95 Å². The Bertz CT molecular complexity index is 606. The summed E-state index contributed by atoms with van der Waals surface area (Å²) in [4.78, 5) is 9.27. The van der Waals surface area contributed by atoms with Crippen molar-refractivity contribution < 1.29 is 0 Å². The molecule has 1 fully saturated rings. The molecule has 0 radical (unpaired) electrons. The molecular weight excluding hydrogens is 272 g/mol. The fourth-order valence-electron chi connectivity index (χ4n) is 2.26. The van der Waals surface area contributed by atoms with Crippen molar-refractivity contribution in [2.45, 2.75) is 39.2 Å². The second kappa shape index (κ2) is 6.77. The smallest absolute Gasteiger partial charge is 0.225 e. The van der Waals surface area contributed by atoms with Crippen LogP contribution >= 0.6 is 0 Å². The van der Waals surface area contributed by atoms with Crippen molar-refractivity contribution >= 4 is 11.8 Å². The topological polar surface area (TPSA) is 49.8 Å². The Hall–Kier alpha value is -2.10. The highest BCUT2D eigenvalue weighted by molar-refractivity contribution is 5.64. The van der Waals surface area contributed by atoms with Crippen molar-refractivity contribution in [2.24, 2.45) is 5.92 Å².